The number of hydrogen-bond donors (Lipinski definition) is 1. The van der Waals surface area contributed by atoms with Crippen molar-refractivity contribution in [2.24, 2.45) is 0 Å². The number of nitriles is 1. The van der Waals surface area contributed by atoms with E-state index in [4.69, 9.17) is 5.26 Å². The first-order valence-electron chi connectivity index (χ1n) is 4.69. The van der Waals surface area contributed by atoms with Gasteiger partial charge < -0.3 is 0 Å². The highest BCUT2D eigenvalue weighted by molar-refractivity contribution is 5.30. The molecule has 1 unspecified atom stereocenters. The molecule has 0 aliphatic rings. The van der Waals surface area contributed by atoms with Gasteiger partial charge in [-0.2, -0.15) is 5.26 Å². The minimum Gasteiger partial charge on any atom is -0.295 e. The molecular weight excluding hydrogens is 191 g/mol. The zero-order valence-electron chi connectivity index (χ0n) is 8.63. The fourth-order valence-electron chi connectivity index (χ4n) is 1.31. The van der Waals surface area contributed by atoms with Crippen molar-refractivity contribution in [3.8, 4) is 6.07 Å². The summed E-state index contributed by atoms with van der Waals surface area (Å²) in [4.78, 5) is 0. The smallest absolute Gasteiger partial charge is 0.129 e. The SMILES string of the molecule is C=CCNC(C#N)c1cc(C)ccc1F. The van der Waals surface area contributed by atoms with Gasteiger partial charge in [0, 0.05) is 12.1 Å². The van der Waals surface area contributed by atoms with Crippen LogP contribution in [0.2, 0.25) is 0 Å². The highest BCUT2D eigenvalue weighted by Crippen LogP contribution is 2.17. The monoisotopic (exact) mass is 204 g/mol. The number of hydrogen-bond acceptors (Lipinski definition) is 2. The van der Waals surface area contributed by atoms with Crippen LogP contribution in [-0.4, -0.2) is 6.54 Å². The minimum atomic E-state index is -0.622. The molecule has 0 aliphatic heterocycles. The summed E-state index contributed by atoms with van der Waals surface area (Å²) >= 11 is 0. The van der Waals surface area contributed by atoms with Gasteiger partial charge in [0.05, 0.1) is 6.07 Å². The van der Waals surface area contributed by atoms with Crippen LogP contribution in [0.25, 0.3) is 0 Å². The van der Waals surface area contributed by atoms with Crippen molar-refractivity contribution in [1.29, 1.82) is 5.26 Å². The van der Waals surface area contributed by atoms with E-state index >= 15 is 0 Å². The Hall–Kier alpha value is -1.66. The third-order valence-corrected chi connectivity index (χ3v) is 2.06. The number of rotatable bonds is 4. The second-order valence-electron chi connectivity index (χ2n) is 3.28. The summed E-state index contributed by atoms with van der Waals surface area (Å²) < 4.78 is 13.4. The normalized spacial score (nSPS) is 11.8. The Morgan fingerprint density at radius 2 is 2.40 bits per heavy atom. The van der Waals surface area contributed by atoms with Crippen molar-refractivity contribution >= 4 is 0 Å². The highest BCUT2D eigenvalue weighted by Gasteiger charge is 2.13. The average molecular weight is 204 g/mol. The fraction of sp³-hybridized carbons (Fsp3) is 0.250. The summed E-state index contributed by atoms with van der Waals surface area (Å²) in [6.07, 6.45) is 1.64. The molecule has 3 heteroatoms. The van der Waals surface area contributed by atoms with Gasteiger partial charge >= 0.3 is 0 Å². The van der Waals surface area contributed by atoms with E-state index in [0.717, 1.165) is 5.56 Å². The third kappa shape index (κ3) is 2.90. The summed E-state index contributed by atoms with van der Waals surface area (Å²) in [7, 11) is 0. The lowest BCUT2D eigenvalue weighted by molar-refractivity contribution is 0.576. The Kier molecular flexibility index (Phi) is 4.02. The van der Waals surface area contributed by atoms with Gasteiger partial charge in [-0.05, 0) is 13.0 Å². The van der Waals surface area contributed by atoms with E-state index in [0.29, 0.717) is 12.1 Å². The molecule has 0 aliphatic carbocycles. The molecule has 0 heterocycles. The zero-order chi connectivity index (χ0) is 11.3. The fourth-order valence-corrected chi connectivity index (χ4v) is 1.31. The largest absolute Gasteiger partial charge is 0.295 e. The molecule has 15 heavy (non-hydrogen) atoms. The summed E-state index contributed by atoms with van der Waals surface area (Å²) in [5.74, 6) is -0.358. The number of benzene rings is 1. The molecule has 78 valence electrons. The molecule has 0 saturated carbocycles. The molecule has 0 amide bonds. The van der Waals surface area contributed by atoms with Crippen molar-refractivity contribution in [1.82, 2.24) is 5.32 Å². The lowest BCUT2D eigenvalue weighted by Crippen LogP contribution is -2.20. The van der Waals surface area contributed by atoms with Gasteiger partial charge in [-0.15, -0.1) is 6.58 Å². The Morgan fingerprint density at radius 1 is 1.67 bits per heavy atom. The Bertz CT molecular complexity index is 393. The van der Waals surface area contributed by atoms with Crippen LogP contribution in [0.15, 0.2) is 30.9 Å². The summed E-state index contributed by atoms with van der Waals surface area (Å²) in [5, 5.41) is 11.8. The topological polar surface area (TPSA) is 35.8 Å². The summed E-state index contributed by atoms with van der Waals surface area (Å²) in [5.41, 5.74) is 1.33. The van der Waals surface area contributed by atoms with Crippen LogP contribution >= 0.6 is 0 Å². The van der Waals surface area contributed by atoms with Crippen molar-refractivity contribution in [3.63, 3.8) is 0 Å². The first-order chi connectivity index (χ1) is 7.19. The van der Waals surface area contributed by atoms with E-state index in [9.17, 15) is 4.39 Å². The minimum absolute atomic E-state index is 0.358. The van der Waals surface area contributed by atoms with Gasteiger partial charge in [-0.1, -0.05) is 23.8 Å². The molecule has 1 aromatic rings. The van der Waals surface area contributed by atoms with E-state index in [-0.39, 0.29) is 5.82 Å². The van der Waals surface area contributed by atoms with Crippen molar-refractivity contribution in [2.45, 2.75) is 13.0 Å². The van der Waals surface area contributed by atoms with E-state index in [1.165, 1.54) is 6.07 Å². The molecule has 0 saturated heterocycles. The lowest BCUT2D eigenvalue weighted by Gasteiger charge is -2.11. The quantitative estimate of drug-likeness (QED) is 0.765. The van der Waals surface area contributed by atoms with E-state index < -0.39 is 6.04 Å². The zero-order valence-corrected chi connectivity index (χ0v) is 8.63. The summed E-state index contributed by atoms with van der Waals surface area (Å²) in [6.45, 7) is 5.88. The number of aryl methyl sites for hydroxylation is 1. The predicted octanol–water partition coefficient (Wildman–Crippen LogP) is 2.47. The number of halogens is 1. The molecular formula is C12H13FN2. The van der Waals surface area contributed by atoms with E-state index in [1.54, 1.807) is 18.2 Å². The maximum atomic E-state index is 13.4. The lowest BCUT2D eigenvalue weighted by atomic mass is 10.0. The molecule has 1 N–H and O–H groups in total. The molecule has 0 radical (unpaired) electrons. The van der Waals surface area contributed by atoms with Gasteiger partial charge in [0.25, 0.3) is 0 Å². The standard InChI is InChI=1S/C12H13FN2/c1-3-6-15-12(8-14)10-7-9(2)4-5-11(10)13/h3-5,7,12,15H,1,6H2,2H3. The van der Waals surface area contributed by atoms with Crippen LogP contribution in [0.5, 0.6) is 0 Å². The molecule has 2 nitrogen and oxygen atoms in total. The molecule has 0 bridgehead atoms. The van der Waals surface area contributed by atoms with E-state index in [2.05, 4.69) is 11.9 Å². The van der Waals surface area contributed by atoms with Crippen LogP contribution < -0.4 is 5.32 Å². The van der Waals surface area contributed by atoms with Gasteiger partial charge in [0.2, 0.25) is 0 Å². The molecule has 0 spiro atoms. The summed E-state index contributed by atoms with van der Waals surface area (Å²) in [6, 6.07) is 6.14. The number of nitrogens with one attached hydrogen (secondary N) is 1. The van der Waals surface area contributed by atoms with Crippen LogP contribution in [0.4, 0.5) is 4.39 Å². The molecule has 1 rings (SSSR count). The van der Waals surface area contributed by atoms with Crippen LogP contribution in [0.1, 0.15) is 17.2 Å². The molecule has 1 aromatic carbocycles. The van der Waals surface area contributed by atoms with E-state index in [1.807, 2.05) is 13.0 Å². The Labute approximate surface area is 89.0 Å². The molecule has 0 aromatic heterocycles. The maximum absolute atomic E-state index is 13.4. The van der Waals surface area contributed by atoms with Crippen LogP contribution in [0.3, 0.4) is 0 Å². The van der Waals surface area contributed by atoms with Gasteiger partial charge in [0.15, 0.2) is 0 Å². The van der Waals surface area contributed by atoms with Crippen molar-refractivity contribution in [3.05, 3.63) is 47.8 Å². The van der Waals surface area contributed by atoms with Crippen molar-refractivity contribution < 1.29 is 4.39 Å². The third-order valence-electron chi connectivity index (χ3n) is 2.06. The first-order valence-corrected chi connectivity index (χ1v) is 4.69. The van der Waals surface area contributed by atoms with Gasteiger partial charge in [-0.3, -0.25) is 5.32 Å². The highest BCUT2D eigenvalue weighted by atomic mass is 19.1. The maximum Gasteiger partial charge on any atom is 0.129 e. The Balaban J connectivity index is 2.96. The number of nitrogens with zero attached hydrogens (tertiary/aromatic N) is 1. The van der Waals surface area contributed by atoms with Crippen LogP contribution in [0, 0.1) is 24.1 Å². The van der Waals surface area contributed by atoms with Gasteiger partial charge in [0.1, 0.15) is 11.9 Å². The van der Waals surface area contributed by atoms with Crippen LogP contribution in [-0.2, 0) is 0 Å². The van der Waals surface area contributed by atoms with Gasteiger partial charge in [-0.25, -0.2) is 4.39 Å². The predicted molar refractivity (Wildman–Crippen MR) is 57.7 cm³/mol. The first kappa shape index (κ1) is 11.4. The molecule has 0 fully saturated rings. The van der Waals surface area contributed by atoms with Crippen molar-refractivity contribution in [2.75, 3.05) is 6.54 Å². The Morgan fingerprint density at radius 3 is 3.00 bits per heavy atom. The second kappa shape index (κ2) is 5.28. The average Bonchev–Trinajstić information content (AvgIpc) is 2.24. The molecule has 1 atom stereocenters. The second-order valence-corrected chi connectivity index (χ2v) is 3.28.